The first-order valence-corrected chi connectivity index (χ1v) is 5.95. The number of aliphatic carboxylic acids is 1. The highest BCUT2D eigenvalue weighted by atomic mass is 79.9. The third kappa shape index (κ3) is 3.32. The fourth-order valence-corrected chi connectivity index (χ4v) is 2.10. The third-order valence-electron chi connectivity index (χ3n) is 2.62. The molecule has 0 bridgehead atoms. The van der Waals surface area contributed by atoms with Crippen LogP contribution in [-0.4, -0.2) is 11.1 Å². The zero-order valence-corrected chi connectivity index (χ0v) is 11.0. The lowest BCUT2D eigenvalue weighted by Crippen LogP contribution is -2.13. The first-order valence-electron chi connectivity index (χ1n) is 5.16. The fraction of sp³-hybridized carbons (Fsp3) is 0.417. The van der Waals surface area contributed by atoms with Gasteiger partial charge in [-0.3, -0.25) is 4.79 Å². The predicted molar refractivity (Wildman–Crippen MR) is 67.4 cm³/mol. The van der Waals surface area contributed by atoms with Crippen LogP contribution in [-0.2, 0) is 4.79 Å². The molecule has 0 heterocycles. The third-order valence-corrected chi connectivity index (χ3v) is 3.47. The van der Waals surface area contributed by atoms with E-state index in [-0.39, 0.29) is 12.5 Å². The van der Waals surface area contributed by atoms with Crippen LogP contribution in [0.1, 0.15) is 35.6 Å². The van der Waals surface area contributed by atoms with Gasteiger partial charge in [-0.05, 0) is 43.0 Å². The van der Waals surface area contributed by atoms with E-state index < -0.39 is 5.97 Å². The molecule has 88 valence electrons. The quantitative estimate of drug-likeness (QED) is 0.894. The number of hydrogen-bond donors (Lipinski definition) is 2. The Morgan fingerprint density at radius 2 is 2.06 bits per heavy atom. The summed E-state index contributed by atoms with van der Waals surface area (Å²) >= 11 is 3.46. The molecule has 0 radical (unpaired) electrons. The smallest absolute Gasteiger partial charge is 0.303 e. The van der Waals surface area contributed by atoms with Crippen molar-refractivity contribution in [3.8, 4) is 0 Å². The molecular weight excluding hydrogens is 270 g/mol. The van der Waals surface area contributed by atoms with Gasteiger partial charge in [0.25, 0.3) is 0 Å². The van der Waals surface area contributed by atoms with Gasteiger partial charge in [0.05, 0.1) is 0 Å². The van der Waals surface area contributed by atoms with Gasteiger partial charge in [-0.2, -0.15) is 0 Å². The summed E-state index contributed by atoms with van der Waals surface area (Å²) in [5, 5.41) is 8.61. The lowest BCUT2D eigenvalue weighted by atomic mass is 9.96. The van der Waals surface area contributed by atoms with Gasteiger partial charge in [-0.15, -0.1) is 0 Å². The van der Waals surface area contributed by atoms with Crippen LogP contribution in [0.15, 0.2) is 16.6 Å². The SMILES string of the molecule is Cc1cc(C(N)CCC(=O)O)c(C)cc1Br. The van der Waals surface area contributed by atoms with Crippen molar-refractivity contribution in [2.45, 2.75) is 32.7 Å². The molecule has 0 aromatic heterocycles. The molecule has 1 atom stereocenters. The molecule has 0 aliphatic carbocycles. The summed E-state index contributed by atoms with van der Waals surface area (Å²) in [6.07, 6.45) is 0.576. The number of benzene rings is 1. The lowest BCUT2D eigenvalue weighted by molar-refractivity contribution is -0.137. The predicted octanol–water partition coefficient (Wildman–Crippen LogP) is 2.93. The van der Waals surface area contributed by atoms with Crippen molar-refractivity contribution >= 4 is 21.9 Å². The van der Waals surface area contributed by atoms with Crippen molar-refractivity contribution in [1.82, 2.24) is 0 Å². The fourth-order valence-electron chi connectivity index (χ4n) is 1.64. The second-order valence-corrected chi connectivity index (χ2v) is 4.85. The number of halogens is 1. The van der Waals surface area contributed by atoms with Crippen molar-refractivity contribution in [1.29, 1.82) is 0 Å². The Labute approximate surface area is 104 Å². The first kappa shape index (κ1) is 13.2. The zero-order valence-electron chi connectivity index (χ0n) is 9.46. The molecular formula is C12H16BrNO2. The zero-order chi connectivity index (χ0) is 12.3. The highest BCUT2D eigenvalue weighted by Crippen LogP contribution is 2.26. The summed E-state index contributed by atoms with van der Waals surface area (Å²) in [6.45, 7) is 3.98. The summed E-state index contributed by atoms with van der Waals surface area (Å²) in [5.74, 6) is -0.804. The monoisotopic (exact) mass is 285 g/mol. The number of carbonyl (C=O) groups is 1. The molecule has 1 rings (SSSR count). The Morgan fingerprint density at radius 3 is 2.62 bits per heavy atom. The van der Waals surface area contributed by atoms with Crippen LogP contribution < -0.4 is 5.73 Å². The summed E-state index contributed by atoms with van der Waals surface area (Å²) in [6, 6.07) is 3.83. The molecule has 3 N–H and O–H groups in total. The molecule has 0 fully saturated rings. The molecule has 0 amide bonds. The highest BCUT2D eigenvalue weighted by molar-refractivity contribution is 9.10. The molecule has 0 saturated carbocycles. The molecule has 4 heteroatoms. The molecule has 16 heavy (non-hydrogen) atoms. The Balaban J connectivity index is 2.86. The molecule has 0 aliphatic rings. The summed E-state index contributed by atoms with van der Waals surface area (Å²) < 4.78 is 1.05. The van der Waals surface area contributed by atoms with Gasteiger partial charge in [0.15, 0.2) is 0 Å². The molecule has 1 aromatic rings. The normalized spacial score (nSPS) is 12.5. The number of carboxylic acid groups (broad SMARTS) is 1. The van der Waals surface area contributed by atoms with Gasteiger partial charge < -0.3 is 10.8 Å². The number of nitrogens with two attached hydrogens (primary N) is 1. The minimum Gasteiger partial charge on any atom is -0.481 e. The van der Waals surface area contributed by atoms with Crippen molar-refractivity contribution in [3.63, 3.8) is 0 Å². The molecule has 1 unspecified atom stereocenters. The Bertz CT molecular complexity index is 404. The summed E-state index contributed by atoms with van der Waals surface area (Å²) in [7, 11) is 0. The minimum absolute atomic E-state index is 0.107. The Hall–Kier alpha value is -0.870. The summed E-state index contributed by atoms with van der Waals surface area (Å²) in [4.78, 5) is 10.5. The highest BCUT2D eigenvalue weighted by Gasteiger charge is 2.12. The standard InChI is InChI=1S/C12H16BrNO2/c1-7-6-10(13)8(2)5-9(7)11(14)3-4-12(15)16/h5-6,11H,3-4,14H2,1-2H3,(H,15,16). The van der Waals surface area contributed by atoms with Crippen LogP contribution in [0, 0.1) is 13.8 Å². The van der Waals surface area contributed by atoms with E-state index in [2.05, 4.69) is 15.9 Å². The van der Waals surface area contributed by atoms with Crippen LogP contribution in [0.2, 0.25) is 0 Å². The number of aryl methyl sites for hydroxylation is 2. The van der Waals surface area contributed by atoms with E-state index in [1.807, 2.05) is 26.0 Å². The maximum atomic E-state index is 10.5. The largest absolute Gasteiger partial charge is 0.481 e. The Kier molecular flexibility index (Phi) is 4.50. The van der Waals surface area contributed by atoms with E-state index >= 15 is 0 Å². The number of rotatable bonds is 4. The van der Waals surface area contributed by atoms with E-state index in [1.54, 1.807) is 0 Å². The van der Waals surface area contributed by atoms with E-state index in [1.165, 1.54) is 0 Å². The average molecular weight is 286 g/mol. The maximum absolute atomic E-state index is 10.5. The molecule has 0 aliphatic heterocycles. The second-order valence-electron chi connectivity index (χ2n) is 4.00. The molecule has 3 nitrogen and oxygen atoms in total. The van der Waals surface area contributed by atoms with Gasteiger partial charge >= 0.3 is 5.97 Å². The molecule has 0 saturated heterocycles. The maximum Gasteiger partial charge on any atom is 0.303 e. The van der Waals surface area contributed by atoms with Crippen molar-refractivity contribution in [3.05, 3.63) is 33.3 Å². The molecule has 0 spiro atoms. The Morgan fingerprint density at radius 1 is 1.44 bits per heavy atom. The topological polar surface area (TPSA) is 63.3 Å². The van der Waals surface area contributed by atoms with E-state index in [4.69, 9.17) is 10.8 Å². The van der Waals surface area contributed by atoms with Crippen LogP contribution in [0.5, 0.6) is 0 Å². The number of hydrogen-bond acceptors (Lipinski definition) is 2. The van der Waals surface area contributed by atoms with E-state index in [9.17, 15) is 4.79 Å². The van der Waals surface area contributed by atoms with Crippen LogP contribution >= 0.6 is 15.9 Å². The van der Waals surface area contributed by atoms with E-state index in [0.717, 1.165) is 21.2 Å². The first-order chi connectivity index (χ1) is 7.41. The van der Waals surface area contributed by atoms with Gasteiger partial charge in [0.2, 0.25) is 0 Å². The second kappa shape index (κ2) is 5.46. The van der Waals surface area contributed by atoms with Gasteiger partial charge in [-0.1, -0.05) is 22.0 Å². The van der Waals surface area contributed by atoms with Crippen molar-refractivity contribution < 1.29 is 9.90 Å². The summed E-state index contributed by atoms with van der Waals surface area (Å²) in [5.41, 5.74) is 9.22. The number of carboxylic acids is 1. The minimum atomic E-state index is -0.804. The van der Waals surface area contributed by atoms with Crippen LogP contribution in [0.3, 0.4) is 0 Å². The van der Waals surface area contributed by atoms with Crippen LogP contribution in [0.4, 0.5) is 0 Å². The van der Waals surface area contributed by atoms with Gasteiger partial charge in [0, 0.05) is 16.9 Å². The molecule has 1 aromatic carbocycles. The van der Waals surface area contributed by atoms with Gasteiger partial charge in [-0.25, -0.2) is 0 Å². The van der Waals surface area contributed by atoms with Crippen LogP contribution in [0.25, 0.3) is 0 Å². The average Bonchev–Trinajstić information content (AvgIpc) is 2.20. The lowest BCUT2D eigenvalue weighted by Gasteiger charge is -2.15. The van der Waals surface area contributed by atoms with E-state index in [0.29, 0.717) is 6.42 Å². The van der Waals surface area contributed by atoms with Crippen molar-refractivity contribution in [2.75, 3.05) is 0 Å². The van der Waals surface area contributed by atoms with Crippen molar-refractivity contribution in [2.24, 2.45) is 5.73 Å². The van der Waals surface area contributed by atoms with Gasteiger partial charge in [0.1, 0.15) is 0 Å².